The van der Waals surface area contributed by atoms with Gasteiger partial charge in [0.15, 0.2) is 5.78 Å². The van der Waals surface area contributed by atoms with Gasteiger partial charge in [-0.25, -0.2) is 8.42 Å². The van der Waals surface area contributed by atoms with E-state index in [1.54, 1.807) is 6.07 Å². The summed E-state index contributed by atoms with van der Waals surface area (Å²) in [5.74, 6) is -0.195. The van der Waals surface area contributed by atoms with Crippen LogP contribution in [0.1, 0.15) is 35.7 Å². The van der Waals surface area contributed by atoms with E-state index in [4.69, 9.17) is 11.6 Å². The summed E-state index contributed by atoms with van der Waals surface area (Å²) >= 11 is 6.16. The Bertz CT molecular complexity index is 893. The molecule has 1 aliphatic rings. The van der Waals surface area contributed by atoms with Gasteiger partial charge >= 0.3 is 0 Å². The molecule has 24 heavy (non-hydrogen) atoms. The number of fused-ring (bicyclic) bond motifs is 1. The zero-order chi connectivity index (χ0) is 17.3. The second kappa shape index (κ2) is 6.57. The zero-order valence-corrected chi connectivity index (χ0v) is 14.9. The number of ketones is 1. The maximum Gasteiger partial charge on any atom is 0.265 e. The molecule has 0 radical (unpaired) electrons. The Kier molecular flexibility index (Phi) is 4.65. The SMILES string of the molecule is CC(=O)c1ccc(Cl)c(S(=O)(=O)N2CCCCc3ccccc32)c1. The van der Waals surface area contributed by atoms with Crippen LogP contribution in [0.4, 0.5) is 5.69 Å². The highest BCUT2D eigenvalue weighted by atomic mass is 35.5. The Balaban J connectivity index is 2.15. The number of carbonyl (C=O) groups is 1. The number of benzene rings is 2. The minimum Gasteiger partial charge on any atom is -0.295 e. The summed E-state index contributed by atoms with van der Waals surface area (Å²) in [6.45, 7) is 1.81. The topological polar surface area (TPSA) is 54.5 Å². The van der Waals surface area contributed by atoms with Crippen LogP contribution in [0.3, 0.4) is 0 Å². The molecule has 0 N–H and O–H groups in total. The van der Waals surface area contributed by atoms with Crippen molar-refractivity contribution in [1.82, 2.24) is 0 Å². The highest BCUT2D eigenvalue weighted by Gasteiger charge is 2.30. The summed E-state index contributed by atoms with van der Waals surface area (Å²) in [5, 5.41) is 0.127. The molecule has 3 rings (SSSR count). The first-order valence-electron chi connectivity index (χ1n) is 7.82. The molecule has 4 nitrogen and oxygen atoms in total. The van der Waals surface area contributed by atoms with Crippen molar-refractivity contribution in [3.8, 4) is 0 Å². The summed E-state index contributed by atoms with van der Waals surface area (Å²) in [7, 11) is -3.84. The third kappa shape index (κ3) is 3.06. The first kappa shape index (κ1) is 17.0. The lowest BCUT2D eigenvalue weighted by atomic mass is 10.1. The molecule has 0 unspecified atom stereocenters. The molecule has 0 aliphatic carbocycles. The number of hydrogen-bond donors (Lipinski definition) is 0. The molecule has 0 fully saturated rings. The van der Waals surface area contributed by atoms with E-state index in [0.29, 0.717) is 17.8 Å². The lowest BCUT2D eigenvalue weighted by Gasteiger charge is -2.25. The van der Waals surface area contributed by atoms with Crippen LogP contribution >= 0.6 is 11.6 Å². The number of carbonyl (C=O) groups excluding carboxylic acids is 1. The van der Waals surface area contributed by atoms with Gasteiger partial charge in [-0.15, -0.1) is 0 Å². The van der Waals surface area contributed by atoms with Gasteiger partial charge in [0.25, 0.3) is 10.0 Å². The van der Waals surface area contributed by atoms with Gasteiger partial charge in [-0.3, -0.25) is 9.10 Å². The van der Waals surface area contributed by atoms with Crippen LogP contribution in [0, 0.1) is 0 Å². The maximum absolute atomic E-state index is 13.2. The second-order valence-corrected chi connectivity index (χ2v) is 8.10. The lowest BCUT2D eigenvalue weighted by Crippen LogP contribution is -2.32. The maximum atomic E-state index is 13.2. The Labute approximate surface area is 147 Å². The van der Waals surface area contributed by atoms with Crippen LogP contribution in [0.25, 0.3) is 0 Å². The van der Waals surface area contributed by atoms with E-state index in [2.05, 4.69) is 0 Å². The molecule has 2 aromatic carbocycles. The molecule has 0 saturated carbocycles. The molecule has 1 heterocycles. The van der Waals surface area contributed by atoms with Crippen molar-refractivity contribution >= 4 is 33.1 Å². The van der Waals surface area contributed by atoms with Crippen LogP contribution in [-0.4, -0.2) is 20.7 Å². The molecule has 0 atom stereocenters. The van der Waals surface area contributed by atoms with E-state index in [1.807, 2.05) is 24.3 Å². The van der Waals surface area contributed by atoms with Gasteiger partial charge in [-0.1, -0.05) is 29.8 Å². The first-order valence-corrected chi connectivity index (χ1v) is 9.64. The number of Topliss-reactive ketones (excluding diaryl/α,β-unsaturated/α-hetero) is 1. The number of nitrogens with zero attached hydrogens (tertiary/aromatic N) is 1. The predicted molar refractivity (Wildman–Crippen MR) is 95.4 cm³/mol. The molecule has 126 valence electrons. The van der Waals surface area contributed by atoms with E-state index in [1.165, 1.54) is 23.4 Å². The monoisotopic (exact) mass is 363 g/mol. The van der Waals surface area contributed by atoms with Gasteiger partial charge < -0.3 is 0 Å². The van der Waals surface area contributed by atoms with Crippen molar-refractivity contribution in [2.45, 2.75) is 31.1 Å². The van der Waals surface area contributed by atoms with Crippen molar-refractivity contribution in [2.75, 3.05) is 10.8 Å². The number of anilines is 1. The Hall–Kier alpha value is -1.85. The Morgan fingerprint density at radius 3 is 2.62 bits per heavy atom. The van der Waals surface area contributed by atoms with Crippen LogP contribution in [0.15, 0.2) is 47.4 Å². The molecule has 0 spiro atoms. The molecule has 0 saturated heterocycles. The van der Waals surface area contributed by atoms with E-state index in [-0.39, 0.29) is 15.7 Å². The fourth-order valence-electron chi connectivity index (χ4n) is 2.95. The average molecular weight is 364 g/mol. The predicted octanol–water partition coefficient (Wildman–Crippen LogP) is 4.07. The van der Waals surface area contributed by atoms with Crippen LogP contribution in [0.5, 0.6) is 0 Å². The number of halogens is 1. The van der Waals surface area contributed by atoms with Gasteiger partial charge in [0, 0.05) is 12.1 Å². The van der Waals surface area contributed by atoms with Gasteiger partial charge in [0.2, 0.25) is 0 Å². The molecule has 2 aromatic rings. The molecule has 1 aliphatic heterocycles. The van der Waals surface area contributed by atoms with Crippen molar-refractivity contribution in [1.29, 1.82) is 0 Å². The van der Waals surface area contributed by atoms with Crippen LogP contribution in [-0.2, 0) is 16.4 Å². The smallest absolute Gasteiger partial charge is 0.265 e. The fourth-order valence-corrected chi connectivity index (χ4v) is 4.99. The molecular weight excluding hydrogens is 346 g/mol. The van der Waals surface area contributed by atoms with Crippen molar-refractivity contribution < 1.29 is 13.2 Å². The highest BCUT2D eigenvalue weighted by molar-refractivity contribution is 7.93. The third-order valence-electron chi connectivity index (χ3n) is 4.22. The first-order chi connectivity index (χ1) is 11.4. The summed E-state index contributed by atoms with van der Waals surface area (Å²) in [6, 6.07) is 11.9. The van der Waals surface area contributed by atoms with Crippen molar-refractivity contribution in [3.05, 3.63) is 58.6 Å². The van der Waals surface area contributed by atoms with Gasteiger partial charge in [0.05, 0.1) is 10.7 Å². The summed E-state index contributed by atoms with van der Waals surface area (Å²) in [4.78, 5) is 11.6. The van der Waals surface area contributed by atoms with Crippen molar-refractivity contribution in [2.24, 2.45) is 0 Å². The third-order valence-corrected chi connectivity index (χ3v) is 6.52. The van der Waals surface area contributed by atoms with Crippen LogP contribution in [0.2, 0.25) is 5.02 Å². The number of rotatable bonds is 3. The zero-order valence-electron chi connectivity index (χ0n) is 13.3. The standard InChI is InChI=1S/C18H18ClNO3S/c1-13(21)15-9-10-16(19)18(12-15)24(22,23)20-11-5-4-7-14-6-2-3-8-17(14)20/h2-3,6,8-10,12H,4-5,7,11H2,1H3. The number of aryl methyl sites for hydroxylation is 1. The fraction of sp³-hybridized carbons (Fsp3) is 0.278. The minimum absolute atomic E-state index is 0.0198. The lowest BCUT2D eigenvalue weighted by molar-refractivity contribution is 0.101. The Morgan fingerprint density at radius 1 is 1.12 bits per heavy atom. The van der Waals surface area contributed by atoms with Crippen molar-refractivity contribution in [3.63, 3.8) is 0 Å². The number of sulfonamides is 1. The van der Waals surface area contributed by atoms with E-state index < -0.39 is 10.0 Å². The minimum atomic E-state index is -3.84. The second-order valence-electron chi connectivity index (χ2n) is 5.86. The van der Waals surface area contributed by atoms with E-state index in [0.717, 1.165) is 24.8 Å². The summed E-state index contributed by atoms with van der Waals surface area (Å²) in [5.41, 5.74) is 2.04. The molecule has 0 amide bonds. The molecule has 0 bridgehead atoms. The van der Waals surface area contributed by atoms with Crippen LogP contribution < -0.4 is 4.31 Å². The average Bonchev–Trinajstić information content (AvgIpc) is 2.77. The Morgan fingerprint density at radius 2 is 1.88 bits per heavy atom. The quantitative estimate of drug-likeness (QED) is 0.772. The summed E-state index contributed by atoms with van der Waals surface area (Å²) < 4.78 is 27.9. The normalized spacial score (nSPS) is 14.8. The summed E-state index contributed by atoms with van der Waals surface area (Å²) in [6.07, 6.45) is 2.56. The van der Waals surface area contributed by atoms with Gasteiger partial charge in [0.1, 0.15) is 4.90 Å². The van der Waals surface area contributed by atoms with E-state index >= 15 is 0 Å². The van der Waals surface area contributed by atoms with E-state index in [9.17, 15) is 13.2 Å². The van der Waals surface area contributed by atoms with Gasteiger partial charge in [-0.2, -0.15) is 0 Å². The number of hydrogen-bond acceptors (Lipinski definition) is 3. The molecular formula is C18H18ClNO3S. The number of para-hydroxylation sites is 1. The van der Waals surface area contributed by atoms with Gasteiger partial charge in [-0.05, 0) is 56.0 Å². The largest absolute Gasteiger partial charge is 0.295 e. The molecule has 0 aromatic heterocycles. The molecule has 6 heteroatoms. The highest BCUT2D eigenvalue weighted by Crippen LogP contribution is 2.33.